The van der Waals surface area contributed by atoms with E-state index in [4.69, 9.17) is 4.74 Å². The van der Waals surface area contributed by atoms with Crippen LogP contribution in [0.25, 0.3) is 0 Å². The number of benzene rings is 1. The van der Waals surface area contributed by atoms with Gasteiger partial charge in [-0.2, -0.15) is 0 Å². The average molecular weight is 331 g/mol. The molecule has 0 spiro atoms. The van der Waals surface area contributed by atoms with Crippen LogP contribution in [0, 0.1) is 11.8 Å². The van der Waals surface area contributed by atoms with Gasteiger partial charge >= 0.3 is 12.1 Å². The summed E-state index contributed by atoms with van der Waals surface area (Å²) in [6.07, 6.45) is 5.82. The number of likely N-dealkylation sites (tertiary alicyclic amines) is 1. The smallest absolute Gasteiger partial charge is 0.410 e. The van der Waals surface area contributed by atoms with Crippen molar-refractivity contribution in [2.45, 2.75) is 51.2 Å². The third kappa shape index (κ3) is 3.89. The van der Waals surface area contributed by atoms with Gasteiger partial charge in [0.15, 0.2) is 0 Å². The standard InChI is InChI=1S/C19H25NO4/c21-18(22)17-11-10-16(15-8-4-5-9-15)12-20(17)19(23)24-13-14-6-2-1-3-7-14/h1-3,6-7,15-17H,4-5,8-13H2,(H,21,22). The third-order valence-corrected chi connectivity index (χ3v) is 5.41. The first-order valence-electron chi connectivity index (χ1n) is 8.85. The molecule has 0 bridgehead atoms. The number of carbonyl (C=O) groups is 2. The fourth-order valence-electron chi connectivity index (χ4n) is 4.07. The lowest BCUT2D eigenvalue weighted by Gasteiger charge is -2.39. The van der Waals surface area contributed by atoms with Gasteiger partial charge < -0.3 is 9.84 Å². The molecule has 1 saturated carbocycles. The summed E-state index contributed by atoms with van der Waals surface area (Å²) >= 11 is 0. The van der Waals surface area contributed by atoms with Crippen molar-refractivity contribution >= 4 is 12.1 Å². The van der Waals surface area contributed by atoms with Crippen LogP contribution in [0.15, 0.2) is 30.3 Å². The second-order valence-corrected chi connectivity index (χ2v) is 6.93. The molecule has 1 aliphatic heterocycles. The number of hydrogen-bond donors (Lipinski definition) is 1. The highest BCUT2D eigenvalue weighted by Gasteiger charge is 2.39. The summed E-state index contributed by atoms with van der Waals surface area (Å²) in [6.45, 7) is 0.686. The van der Waals surface area contributed by atoms with Crippen molar-refractivity contribution in [3.05, 3.63) is 35.9 Å². The van der Waals surface area contributed by atoms with Gasteiger partial charge in [-0.25, -0.2) is 9.59 Å². The van der Waals surface area contributed by atoms with Crippen molar-refractivity contribution in [1.82, 2.24) is 4.90 Å². The molecule has 3 rings (SSSR count). The maximum absolute atomic E-state index is 12.5. The Morgan fingerprint density at radius 2 is 1.75 bits per heavy atom. The van der Waals surface area contributed by atoms with Crippen LogP contribution in [-0.2, 0) is 16.1 Å². The summed E-state index contributed by atoms with van der Waals surface area (Å²) in [5, 5.41) is 9.44. The zero-order valence-corrected chi connectivity index (χ0v) is 13.9. The molecule has 1 aromatic rings. The summed E-state index contributed by atoms with van der Waals surface area (Å²) in [5.74, 6) is 0.105. The fraction of sp³-hybridized carbons (Fsp3) is 0.579. The number of hydrogen-bond acceptors (Lipinski definition) is 3. The lowest BCUT2D eigenvalue weighted by Crippen LogP contribution is -2.51. The predicted molar refractivity (Wildman–Crippen MR) is 89.4 cm³/mol. The first-order chi connectivity index (χ1) is 11.6. The lowest BCUT2D eigenvalue weighted by molar-refractivity contribution is -0.144. The van der Waals surface area contributed by atoms with E-state index in [9.17, 15) is 14.7 Å². The molecular weight excluding hydrogens is 306 g/mol. The number of carbonyl (C=O) groups excluding carboxylic acids is 1. The third-order valence-electron chi connectivity index (χ3n) is 5.41. The van der Waals surface area contributed by atoms with Gasteiger partial charge in [0, 0.05) is 6.54 Å². The summed E-state index contributed by atoms with van der Waals surface area (Å²) < 4.78 is 5.38. The van der Waals surface area contributed by atoms with Crippen LogP contribution >= 0.6 is 0 Å². The Bertz CT molecular complexity index is 568. The SMILES string of the molecule is O=C(O)C1CCC(C2CCCC2)CN1C(=O)OCc1ccccc1. The Labute approximate surface area is 142 Å². The van der Waals surface area contributed by atoms with Crippen LogP contribution < -0.4 is 0 Å². The molecule has 2 unspecified atom stereocenters. The van der Waals surface area contributed by atoms with E-state index >= 15 is 0 Å². The molecule has 2 fully saturated rings. The zero-order chi connectivity index (χ0) is 16.9. The van der Waals surface area contributed by atoms with Crippen LogP contribution in [0.2, 0.25) is 0 Å². The van der Waals surface area contributed by atoms with Crippen molar-refractivity contribution < 1.29 is 19.4 Å². The molecule has 5 heteroatoms. The van der Waals surface area contributed by atoms with Gasteiger partial charge in [0.25, 0.3) is 0 Å². The highest BCUT2D eigenvalue weighted by atomic mass is 16.6. The van der Waals surface area contributed by atoms with Gasteiger partial charge in [0.05, 0.1) is 0 Å². The predicted octanol–water partition coefficient (Wildman–Crippen LogP) is 3.68. The Balaban J connectivity index is 1.63. The van der Waals surface area contributed by atoms with Gasteiger partial charge in [-0.3, -0.25) is 4.90 Å². The van der Waals surface area contributed by atoms with Gasteiger partial charge in [-0.1, -0.05) is 56.0 Å². The number of amides is 1. The summed E-state index contributed by atoms with van der Waals surface area (Å²) in [7, 11) is 0. The molecule has 5 nitrogen and oxygen atoms in total. The van der Waals surface area contributed by atoms with Crippen molar-refractivity contribution in [2.75, 3.05) is 6.54 Å². The summed E-state index contributed by atoms with van der Waals surface area (Å²) in [5.41, 5.74) is 0.905. The molecule has 130 valence electrons. The molecule has 1 saturated heterocycles. The number of piperidine rings is 1. The van der Waals surface area contributed by atoms with E-state index in [2.05, 4.69) is 0 Å². The Morgan fingerprint density at radius 1 is 1.04 bits per heavy atom. The van der Waals surface area contributed by atoms with Crippen LogP contribution in [0.5, 0.6) is 0 Å². The monoisotopic (exact) mass is 331 g/mol. The number of rotatable bonds is 4. The average Bonchev–Trinajstić information content (AvgIpc) is 3.14. The molecule has 1 amide bonds. The zero-order valence-electron chi connectivity index (χ0n) is 13.9. The van der Waals surface area contributed by atoms with E-state index in [-0.39, 0.29) is 6.61 Å². The van der Waals surface area contributed by atoms with E-state index in [1.165, 1.54) is 30.6 Å². The molecule has 0 radical (unpaired) electrons. The van der Waals surface area contributed by atoms with Crippen molar-refractivity contribution in [3.8, 4) is 0 Å². The number of carboxylic acid groups (broad SMARTS) is 1. The van der Waals surface area contributed by atoms with Gasteiger partial charge in [0.1, 0.15) is 12.6 Å². The normalized spacial score (nSPS) is 24.8. The van der Waals surface area contributed by atoms with E-state index in [0.29, 0.717) is 24.8 Å². The first-order valence-corrected chi connectivity index (χ1v) is 8.85. The maximum atomic E-state index is 12.5. The minimum atomic E-state index is -0.934. The number of nitrogens with zero attached hydrogens (tertiary/aromatic N) is 1. The Morgan fingerprint density at radius 3 is 2.42 bits per heavy atom. The molecule has 0 aromatic heterocycles. The van der Waals surface area contributed by atoms with Gasteiger partial charge in [-0.05, 0) is 30.2 Å². The highest BCUT2D eigenvalue weighted by Crippen LogP contribution is 2.37. The van der Waals surface area contributed by atoms with E-state index < -0.39 is 18.1 Å². The number of aliphatic carboxylic acids is 1. The largest absolute Gasteiger partial charge is 0.480 e. The second kappa shape index (κ2) is 7.69. The van der Waals surface area contributed by atoms with Crippen molar-refractivity contribution in [1.29, 1.82) is 0 Å². The van der Waals surface area contributed by atoms with Crippen LogP contribution in [0.1, 0.15) is 44.1 Å². The van der Waals surface area contributed by atoms with E-state index in [0.717, 1.165) is 12.0 Å². The molecule has 1 aliphatic carbocycles. The van der Waals surface area contributed by atoms with Crippen LogP contribution in [0.4, 0.5) is 4.79 Å². The van der Waals surface area contributed by atoms with Gasteiger partial charge in [0.2, 0.25) is 0 Å². The van der Waals surface area contributed by atoms with Crippen molar-refractivity contribution in [3.63, 3.8) is 0 Å². The molecule has 2 aliphatic rings. The molecule has 2 atom stereocenters. The molecule has 24 heavy (non-hydrogen) atoms. The van der Waals surface area contributed by atoms with Crippen LogP contribution in [0.3, 0.4) is 0 Å². The minimum absolute atomic E-state index is 0.177. The van der Waals surface area contributed by atoms with Crippen molar-refractivity contribution in [2.24, 2.45) is 11.8 Å². The van der Waals surface area contributed by atoms with E-state index in [1.807, 2.05) is 30.3 Å². The van der Waals surface area contributed by atoms with E-state index in [1.54, 1.807) is 0 Å². The molecule has 1 N–H and O–H groups in total. The topological polar surface area (TPSA) is 66.8 Å². The minimum Gasteiger partial charge on any atom is -0.480 e. The fourth-order valence-corrected chi connectivity index (χ4v) is 4.07. The molecule has 1 heterocycles. The van der Waals surface area contributed by atoms with Crippen LogP contribution in [-0.4, -0.2) is 34.7 Å². The first kappa shape index (κ1) is 16.8. The highest BCUT2D eigenvalue weighted by molar-refractivity contribution is 5.80. The Hall–Kier alpha value is -2.04. The second-order valence-electron chi connectivity index (χ2n) is 6.93. The summed E-state index contributed by atoms with van der Waals surface area (Å²) in [4.78, 5) is 25.5. The lowest BCUT2D eigenvalue weighted by atomic mass is 9.82. The Kier molecular flexibility index (Phi) is 5.38. The molecular formula is C19H25NO4. The quantitative estimate of drug-likeness (QED) is 0.914. The van der Waals surface area contributed by atoms with Gasteiger partial charge in [-0.15, -0.1) is 0 Å². The summed E-state index contributed by atoms with van der Waals surface area (Å²) in [6, 6.07) is 8.70. The number of ether oxygens (including phenoxy) is 1. The number of carboxylic acids is 1. The maximum Gasteiger partial charge on any atom is 0.410 e. The molecule has 1 aromatic carbocycles.